The number of benzene rings is 1. The van der Waals surface area contributed by atoms with Crippen molar-refractivity contribution in [2.45, 2.75) is 25.4 Å². The van der Waals surface area contributed by atoms with E-state index >= 15 is 4.39 Å². The smallest absolute Gasteiger partial charge is 0.223 e. The zero-order chi connectivity index (χ0) is 26.5. The molecule has 2 atom stereocenters. The maximum Gasteiger partial charge on any atom is 0.223 e. The van der Waals surface area contributed by atoms with Gasteiger partial charge in [0, 0.05) is 60.7 Å². The van der Waals surface area contributed by atoms with E-state index in [4.69, 9.17) is 20.4 Å². The molecule has 7 rings (SSSR count). The average Bonchev–Trinajstić information content (AvgIpc) is 3.55. The molecule has 0 radical (unpaired) electrons. The highest BCUT2D eigenvalue weighted by atomic mass is 32.1. The molecular formula is C28H32FN7O2S. The van der Waals surface area contributed by atoms with E-state index in [0.29, 0.717) is 31.1 Å². The fourth-order valence-corrected chi connectivity index (χ4v) is 7.39. The van der Waals surface area contributed by atoms with Crippen molar-refractivity contribution in [1.29, 1.82) is 0 Å². The lowest BCUT2D eigenvalue weighted by atomic mass is 9.88. The van der Waals surface area contributed by atoms with Crippen LogP contribution in [-0.4, -0.2) is 89.2 Å². The number of morpholine rings is 1. The Labute approximate surface area is 229 Å². The third-order valence-electron chi connectivity index (χ3n) is 8.39. The van der Waals surface area contributed by atoms with Crippen molar-refractivity contribution in [2.75, 3.05) is 57.4 Å². The topological polar surface area (TPSA) is 104 Å². The minimum atomic E-state index is -0.340. The molecule has 3 saturated heterocycles. The molecule has 4 aromatic rings. The Balaban J connectivity index is 1.24. The number of rotatable bonds is 6. The number of aromatic nitrogens is 3. The van der Waals surface area contributed by atoms with Crippen LogP contribution in [0.2, 0.25) is 0 Å². The summed E-state index contributed by atoms with van der Waals surface area (Å²) >= 11 is 1.68. The Bertz CT molecular complexity index is 1530. The molecule has 6 heterocycles. The second kappa shape index (κ2) is 10.1. The highest BCUT2D eigenvalue weighted by Crippen LogP contribution is 2.38. The molecule has 9 nitrogen and oxygen atoms in total. The molecule has 1 amide bonds. The third-order valence-corrected chi connectivity index (χ3v) is 9.49. The first-order chi connectivity index (χ1) is 19.0. The predicted molar refractivity (Wildman–Crippen MR) is 150 cm³/mol. The molecule has 3 fully saturated rings. The Kier molecular flexibility index (Phi) is 6.46. The van der Waals surface area contributed by atoms with E-state index in [-0.39, 0.29) is 23.7 Å². The molecule has 1 aromatic carbocycles. The minimum Gasteiger partial charge on any atom is -0.378 e. The van der Waals surface area contributed by atoms with Gasteiger partial charge in [-0.05, 0) is 50.2 Å². The van der Waals surface area contributed by atoms with E-state index in [1.54, 1.807) is 17.4 Å². The van der Waals surface area contributed by atoms with E-state index in [2.05, 4.69) is 25.8 Å². The van der Waals surface area contributed by atoms with Crippen LogP contribution in [0.5, 0.6) is 0 Å². The van der Waals surface area contributed by atoms with Crippen molar-refractivity contribution >= 4 is 44.2 Å². The Hall–Kier alpha value is -3.12. The molecule has 3 N–H and O–H groups in total. The SMILES string of the molecule is NC(=O)C1CN(Cc2cc3nc(-c4c(F)ccc5[nH]ccc45)nc(N4CCOCC4)c3s2)CCC1N1CCC1. The predicted octanol–water partition coefficient (Wildman–Crippen LogP) is 3.20. The highest BCUT2D eigenvalue weighted by Gasteiger charge is 2.38. The van der Waals surface area contributed by atoms with Gasteiger partial charge < -0.3 is 20.4 Å². The maximum absolute atomic E-state index is 15.2. The molecule has 39 heavy (non-hydrogen) atoms. The number of nitrogens with two attached hydrogens (primary N) is 1. The van der Waals surface area contributed by atoms with Crippen molar-refractivity contribution in [3.63, 3.8) is 0 Å². The van der Waals surface area contributed by atoms with Crippen LogP contribution in [0.15, 0.2) is 30.5 Å². The molecule has 0 saturated carbocycles. The summed E-state index contributed by atoms with van der Waals surface area (Å²) in [7, 11) is 0. The molecule has 0 bridgehead atoms. The quantitative estimate of drug-likeness (QED) is 0.381. The number of amides is 1. The zero-order valence-corrected chi connectivity index (χ0v) is 22.6. The lowest BCUT2D eigenvalue weighted by Crippen LogP contribution is -2.58. The number of hydrogen-bond acceptors (Lipinski definition) is 8. The summed E-state index contributed by atoms with van der Waals surface area (Å²) in [6, 6.07) is 7.43. The van der Waals surface area contributed by atoms with Crippen LogP contribution in [0.1, 0.15) is 17.7 Å². The lowest BCUT2D eigenvalue weighted by molar-refractivity contribution is -0.127. The molecule has 11 heteroatoms. The number of carbonyl (C=O) groups excluding carboxylic acids is 1. The number of aromatic amines is 1. The number of carbonyl (C=O) groups is 1. The first-order valence-electron chi connectivity index (χ1n) is 13.7. The first kappa shape index (κ1) is 24.9. The van der Waals surface area contributed by atoms with Gasteiger partial charge in [-0.15, -0.1) is 11.3 Å². The number of hydrogen-bond donors (Lipinski definition) is 2. The molecule has 3 aromatic heterocycles. The highest BCUT2D eigenvalue weighted by molar-refractivity contribution is 7.19. The van der Waals surface area contributed by atoms with Gasteiger partial charge in [0.1, 0.15) is 5.82 Å². The van der Waals surface area contributed by atoms with E-state index in [1.807, 2.05) is 12.3 Å². The zero-order valence-electron chi connectivity index (χ0n) is 21.7. The number of piperidine rings is 1. The van der Waals surface area contributed by atoms with Gasteiger partial charge in [0.2, 0.25) is 5.91 Å². The van der Waals surface area contributed by atoms with Gasteiger partial charge >= 0.3 is 0 Å². The van der Waals surface area contributed by atoms with Crippen LogP contribution in [0.4, 0.5) is 10.2 Å². The number of anilines is 1. The number of ether oxygens (including phenoxy) is 1. The number of thiophene rings is 1. The summed E-state index contributed by atoms with van der Waals surface area (Å²) in [5.41, 5.74) is 7.93. The van der Waals surface area contributed by atoms with Gasteiger partial charge in [-0.3, -0.25) is 14.6 Å². The number of H-pyrrole nitrogens is 1. The number of nitrogens with zero attached hydrogens (tertiary/aromatic N) is 5. The van der Waals surface area contributed by atoms with Crippen LogP contribution in [0, 0.1) is 11.7 Å². The fourth-order valence-electron chi connectivity index (χ4n) is 6.24. The van der Waals surface area contributed by atoms with Gasteiger partial charge in [0.15, 0.2) is 11.6 Å². The van der Waals surface area contributed by atoms with Gasteiger partial charge in [-0.25, -0.2) is 14.4 Å². The summed E-state index contributed by atoms with van der Waals surface area (Å²) < 4.78 is 21.8. The van der Waals surface area contributed by atoms with Crippen LogP contribution < -0.4 is 10.6 Å². The largest absolute Gasteiger partial charge is 0.378 e. The van der Waals surface area contributed by atoms with E-state index < -0.39 is 0 Å². The normalized spacial score (nSPS) is 22.9. The van der Waals surface area contributed by atoms with Crippen LogP contribution >= 0.6 is 11.3 Å². The van der Waals surface area contributed by atoms with Gasteiger partial charge in [-0.1, -0.05) is 0 Å². The molecule has 204 valence electrons. The second-order valence-corrected chi connectivity index (χ2v) is 11.9. The van der Waals surface area contributed by atoms with Gasteiger partial charge in [-0.2, -0.15) is 0 Å². The van der Waals surface area contributed by atoms with Crippen molar-refractivity contribution in [1.82, 2.24) is 24.8 Å². The Morgan fingerprint density at radius 3 is 2.77 bits per heavy atom. The minimum absolute atomic E-state index is 0.159. The van der Waals surface area contributed by atoms with Crippen LogP contribution in [-0.2, 0) is 16.1 Å². The molecule has 0 aliphatic carbocycles. The second-order valence-electron chi connectivity index (χ2n) is 10.7. The Morgan fingerprint density at radius 2 is 2.00 bits per heavy atom. The lowest BCUT2D eigenvalue weighted by Gasteiger charge is -2.46. The van der Waals surface area contributed by atoms with Crippen molar-refractivity contribution in [3.05, 3.63) is 41.2 Å². The first-order valence-corrected chi connectivity index (χ1v) is 14.5. The van der Waals surface area contributed by atoms with Crippen molar-refractivity contribution in [3.8, 4) is 11.4 Å². The van der Waals surface area contributed by atoms with Crippen LogP contribution in [0.3, 0.4) is 0 Å². The summed E-state index contributed by atoms with van der Waals surface area (Å²) in [5, 5.41) is 0.764. The van der Waals surface area contributed by atoms with Gasteiger partial charge in [0.05, 0.1) is 34.9 Å². The summed E-state index contributed by atoms with van der Waals surface area (Å²) in [4.78, 5) is 33.5. The van der Waals surface area contributed by atoms with Gasteiger partial charge in [0.25, 0.3) is 0 Å². The monoisotopic (exact) mass is 549 g/mol. The molecular weight excluding hydrogens is 517 g/mol. The molecule has 2 unspecified atom stereocenters. The third kappa shape index (κ3) is 4.57. The maximum atomic E-state index is 15.2. The van der Waals surface area contributed by atoms with Crippen molar-refractivity contribution < 1.29 is 13.9 Å². The van der Waals surface area contributed by atoms with Crippen LogP contribution in [0.25, 0.3) is 32.5 Å². The number of fused-ring (bicyclic) bond motifs is 2. The molecule has 3 aliphatic heterocycles. The molecule has 3 aliphatic rings. The standard InChI is InChI=1S/C28H32FN7O2S/c29-20-2-3-21-18(4-6-31-21)24(20)27-32-22-14-17(39-25(22)28(33-27)36-10-12-38-13-11-36)15-34-9-5-23(35-7-1-8-35)19(16-34)26(30)37/h2-4,6,14,19,23,31H,1,5,7-13,15-16H2,(H2,30,37). The van der Waals surface area contributed by atoms with E-state index in [0.717, 1.165) is 77.5 Å². The summed E-state index contributed by atoms with van der Waals surface area (Å²) in [5.74, 6) is 0.508. The number of nitrogens with one attached hydrogen (secondary N) is 1. The van der Waals surface area contributed by atoms with E-state index in [9.17, 15) is 4.79 Å². The average molecular weight is 550 g/mol. The number of halogens is 1. The summed E-state index contributed by atoms with van der Waals surface area (Å²) in [6.45, 7) is 7.13. The fraction of sp³-hybridized carbons (Fsp3) is 0.464. The molecule has 0 spiro atoms. The Morgan fingerprint density at radius 1 is 1.15 bits per heavy atom. The summed E-state index contributed by atoms with van der Waals surface area (Å²) in [6.07, 6.45) is 3.95. The number of likely N-dealkylation sites (tertiary alicyclic amines) is 2. The van der Waals surface area contributed by atoms with Crippen molar-refractivity contribution in [2.24, 2.45) is 11.7 Å². The van der Waals surface area contributed by atoms with E-state index in [1.165, 1.54) is 12.5 Å². The number of primary amides is 1.